The zero-order chi connectivity index (χ0) is 12.0. The number of hydrogen-bond donors (Lipinski definition) is 2. The van der Waals surface area contributed by atoms with Gasteiger partial charge in [0.1, 0.15) is 5.76 Å². The number of hydrogen-bond acceptors (Lipinski definition) is 3. The van der Waals surface area contributed by atoms with Gasteiger partial charge < -0.3 is 14.8 Å². The van der Waals surface area contributed by atoms with Crippen LogP contribution in [0.1, 0.15) is 38.0 Å². The van der Waals surface area contributed by atoms with E-state index < -0.39 is 0 Å². The zero-order valence-electron chi connectivity index (χ0n) is 10.5. The summed E-state index contributed by atoms with van der Waals surface area (Å²) < 4.78 is 5.36. The van der Waals surface area contributed by atoms with Crippen molar-refractivity contribution in [2.75, 3.05) is 13.2 Å². The predicted octanol–water partition coefficient (Wildman–Crippen LogP) is 2.48. The molecule has 0 aliphatic rings. The molecule has 0 fully saturated rings. The molecule has 16 heavy (non-hydrogen) atoms. The monoisotopic (exact) mass is 225 g/mol. The van der Waals surface area contributed by atoms with Crippen LogP contribution in [0.2, 0.25) is 0 Å². The summed E-state index contributed by atoms with van der Waals surface area (Å²) in [5.41, 5.74) is 1.42. The van der Waals surface area contributed by atoms with Crippen LogP contribution in [0.15, 0.2) is 16.7 Å². The normalized spacial score (nSPS) is 12.0. The van der Waals surface area contributed by atoms with Crippen molar-refractivity contribution in [1.29, 1.82) is 0 Å². The van der Waals surface area contributed by atoms with Crippen molar-refractivity contribution in [3.63, 3.8) is 0 Å². The molecule has 92 valence electrons. The summed E-state index contributed by atoms with van der Waals surface area (Å²) in [6.07, 6.45) is 3.63. The Morgan fingerprint density at radius 1 is 1.44 bits per heavy atom. The Hall–Kier alpha value is -0.800. The van der Waals surface area contributed by atoms with E-state index in [1.54, 1.807) is 6.26 Å². The first-order chi connectivity index (χ1) is 7.55. The summed E-state index contributed by atoms with van der Waals surface area (Å²) in [6, 6.07) is 1.98. The van der Waals surface area contributed by atoms with Crippen molar-refractivity contribution in [1.82, 2.24) is 5.32 Å². The molecule has 0 amide bonds. The van der Waals surface area contributed by atoms with Gasteiger partial charge in [0.25, 0.3) is 0 Å². The van der Waals surface area contributed by atoms with Crippen LogP contribution in [-0.4, -0.2) is 18.3 Å². The molecule has 2 N–H and O–H groups in total. The number of aryl methyl sites for hydroxylation is 1. The van der Waals surface area contributed by atoms with Gasteiger partial charge >= 0.3 is 0 Å². The van der Waals surface area contributed by atoms with Gasteiger partial charge in [0.2, 0.25) is 0 Å². The lowest BCUT2D eigenvalue weighted by molar-refractivity contribution is 0.235. The van der Waals surface area contributed by atoms with E-state index in [4.69, 9.17) is 9.52 Å². The Morgan fingerprint density at radius 3 is 2.75 bits per heavy atom. The second kappa shape index (κ2) is 6.06. The van der Waals surface area contributed by atoms with Crippen LogP contribution in [0.3, 0.4) is 0 Å². The van der Waals surface area contributed by atoms with E-state index in [9.17, 15) is 0 Å². The molecule has 0 saturated carbocycles. The molecular weight excluding hydrogens is 202 g/mol. The third-order valence-corrected chi connectivity index (χ3v) is 2.87. The molecule has 0 spiro atoms. The lowest BCUT2D eigenvalue weighted by Crippen LogP contribution is -2.29. The van der Waals surface area contributed by atoms with E-state index in [-0.39, 0.29) is 12.0 Å². The van der Waals surface area contributed by atoms with Crippen molar-refractivity contribution in [3.8, 4) is 0 Å². The van der Waals surface area contributed by atoms with Gasteiger partial charge in [-0.25, -0.2) is 0 Å². The van der Waals surface area contributed by atoms with Crippen LogP contribution < -0.4 is 5.32 Å². The van der Waals surface area contributed by atoms with E-state index in [1.165, 1.54) is 5.56 Å². The molecule has 3 heteroatoms. The molecule has 0 saturated heterocycles. The molecule has 0 aromatic carbocycles. The fourth-order valence-corrected chi connectivity index (χ4v) is 1.75. The van der Waals surface area contributed by atoms with Gasteiger partial charge in [-0.1, -0.05) is 13.8 Å². The molecular formula is C13H23NO2. The maximum Gasteiger partial charge on any atom is 0.120 e. The molecule has 1 rings (SSSR count). The van der Waals surface area contributed by atoms with Crippen molar-refractivity contribution in [2.24, 2.45) is 5.41 Å². The average Bonchev–Trinajstić information content (AvgIpc) is 2.62. The first-order valence-electron chi connectivity index (χ1n) is 5.90. The van der Waals surface area contributed by atoms with Crippen LogP contribution in [-0.2, 0) is 6.54 Å². The van der Waals surface area contributed by atoms with E-state index in [2.05, 4.69) is 26.1 Å². The SMILES string of the molecule is Cc1ccoc1CNCC(C)(C)CCCO. The van der Waals surface area contributed by atoms with E-state index in [1.807, 2.05) is 6.07 Å². The van der Waals surface area contributed by atoms with Crippen molar-refractivity contribution < 1.29 is 9.52 Å². The van der Waals surface area contributed by atoms with Gasteiger partial charge in [-0.15, -0.1) is 0 Å². The topological polar surface area (TPSA) is 45.4 Å². The summed E-state index contributed by atoms with van der Waals surface area (Å²) in [7, 11) is 0. The van der Waals surface area contributed by atoms with Gasteiger partial charge in [-0.05, 0) is 36.8 Å². The molecule has 3 nitrogen and oxygen atoms in total. The summed E-state index contributed by atoms with van der Waals surface area (Å²) in [6.45, 7) is 8.47. The summed E-state index contributed by atoms with van der Waals surface area (Å²) >= 11 is 0. The Balaban J connectivity index is 2.27. The minimum Gasteiger partial charge on any atom is -0.468 e. The highest BCUT2D eigenvalue weighted by Gasteiger charge is 2.16. The highest BCUT2D eigenvalue weighted by molar-refractivity contribution is 5.14. The molecule has 1 aromatic heterocycles. The zero-order valence-corrected chi connectivity index (χ0v) is 10.5. The standard InChI is InChI=1S/C13H23NO2/c1-11-5-8-16-12(11)9-14-10-13(2,3)6-4-7-15/h5,8,14-15H,4,6-7,9-10H2,1-3H3. The third kappa shape index (κ3) is 4.37. The number of rotatable bonds is 7. The van der Waals surface area contributed by atoms with Crippen LogP contribution in [0.4, 0.5) is 0 Å². The first kappa shape index (κ1) is 13.3. The smallest absolute Gasteiger partial charge is 0.120 e. The maximum absolute atomic E-state index is 8.81. The fourth-order valence-electron chi connectivity index (χ4n) is 1.75. The third-order valence-electron chi connectivity index (χ3n) is 2.87. The maximum atomic E-state index is 8.81. The Labute approximate surface area is 97.9 Å². The largest absolute Gasteiger partial charge is 0.468 e. The average molecular weight is 225 g/mol. The van der Waals surface area contributed by atoms with E-state index in [0.717, 1.165) is 31.7 Å². The van der Waals surface area contributed by atoms with Crippen molar-refractivity contribution in [2.45, 2.75) is 40.2 Å². The van der Waals surface area contributed by atoms with Crippen molar-refractivity contribution in [3.05, 3.63) is 23.7 Å². The molecule has 0 bridgehead atoms. The van der Waals surface area contributed by atoms with Crippen LogP contribution in [0, 0.1) is 12.3 Å². The number of aliphatic hydroxyl groups excluding tert-OH is 1. The quantitative estimate of drug-likeness (QED) is 0.749. The highest BCUT2D eigenvalue weighted by Crippen LogP contribution is 2.21. The molecule has 0 aliphatic heterocycles. The lowest BCUT2D eigenvalue weighted by atomic mass is 9.88. The van der Waals surface area contributed by atoms with Gasteiger partial charge in [-0.3, -0.25) is 0 Å². The van der Waals surface area contributed by atoms with E-state index >= 15 is 0 Å². The summed E-state index contributed by atoms with van der Waals surface area (Å²) in [4.78, 5) is 0. The number of nitrogens with one attached hydrogen (secondary N) is 1. The molecule has 1 heterocycles. The minimum absolute atomic E-state index is 0.225. The van der Waals surface area contributed by atoms with Gasteiger partial charge in [0.15, 0.2) is 0 Å². The van der Waals surface area contributed by atoms with E-state index in [0.29, 0.717) is 0 Å². The van der Waals surface area contributed by atoms with Crippen molar-refractivity contribution >= 4 is 0 Å². The Bertz CT molecular complexity index is 305. The second-order valence-electron chi connectivity index (χ2n) is 5.12. The lowest BCUT2D eigenvalue weighted by Gasteiger charge is -2.24. The molecule has 1 aromatic rings. The molecule has 0 unspecified atom stereocenters. The predicted molar refractivity (Wildman–Crippen MR) is 65.3 cm³/mol. The Kier molecular flexibility index (Phi) is 5.03. The Morgan fingerprint density at radius 2 is 2.19 bits per heavy atom. The minimum atomic E-state index is 0.225. The van der Waals surface area contributed by atoms with Gasteiger partial charge in [0.05, 0.1) is 12.8 Å². The van der Waals surface area contributed by atoms with Crippen LogP contribution in [0.25, 0.3) is 0 Å². The molecule has 0 atom stereocenters. The van der Waals surface area contributed by atoms with Crippen LogP contribution in [0.5, 0.6) is 0 Å². The first-order valence-corrected chi connectivity index (χ1v) is 5.90. The van der Waals surface area contributed by atoms with Gasteiger partial charge in [-0.2, -0.15) is 0 Å². The number of aliphatic hydroxyl groups is 1. The fraction of sp³-hybridized carbons (Fsp3) is 0.692. The number of furan rings is 1. The summed E-state index contributed by atoms with van der Waals surface area (Å²) in [5.74, 6) is 1.01. The highest BCUT2D eigenvalue weighted by atomic mass is 16.3. The van der Waals surface area contributed by atoms with Gasteiger partial charge in [0, 0.05) is 13.2 Å². The molecule has 0 radical (unpaired) electrons. The second-order valence-corrected chi connectivity index (χ2v) is 5.12. The molecule has 0 aliphatic carbocycles. The van der Waals surface area contributed by atoms with Crippen LogP contribution >= 0.6 is 0 Å². The summed E-state index contributed by atoms with van der Waals surface area (Å²) in [5, 5.41) is 12.2.